The third kappa shape index (κ3) is 6.65. The largest absolute Gasteiger partial charge is 0.468 e. The maximum absolute atomic E-state index is 14.4. The number of carbonyl (C=O) groups excluding carboxylic acids is 1. The van der Waals surface area contributed by atoms with Crippen molar-refractivity contribution in [3.63, 3.8) is 0 Å². The fourth-order valence-electron chi connectivity index (χ4n) is 3.53. The van der Waals surface area contributed by atoms with Gasteiger partial charge in [-0.05, 0) is 26.8 Å². The normalized spacial score (nSPS) is 16.3. The van der Waals surface area contributed by atoms with Crippen LogP contribution in [0.4, 0.5) is 23.2 Å². The fourth-order valence-corrected chi connectivity index (χ4v) is 5.53. The van der Waals surface area contributed by atoms with E-state index < -0.39 is 57.0 Å². The number of rotatable bonds is 8. The zero-order valence-corrected chi connectivity index (χ0v) is 19.8. The Morgan fingerprint density at radius 2 is 1.89 bits per heavy atom. The fraction of sp³-hybridized carbons (Fsp3) is 0.429. The van der Waals surface area contributed by atoms with Gasteiger partial charge in [0.15, 0.2) is 22.3 Å². The molecule has 1 aliphatic heterocycles. The smallest absolute Gasteiger partial charge is 0.422 e. The maximum atomic E-state index is 14.4. The summed E-state index contributed by atoms with van der Waals surface area (Å²) in [7, 11) is -3.19. The number of amides is 1. The number of aromatic nitrogens is 2. The second kappa shape index (κ2) is 9.40. The van der Waals surface area contributed by atoms with Crippen molar-refractivity contribution in [1.82, 2.24) is 15.3 Å². The molecule has 0 aliphatic carbocycles. The first-order valence-corrected chi connectivity index (χ1v) is 12.1. The van der Waals surface area contributed by atoms with Crippen LogP contribution < -0.4 is 15.4 Å². The molecule has 0 spiro atoms. The molecule has 14 heteroatoms. The lowest BCUT2D eigenvalue weighted by Crippen LogP contribution is -2.63. The van der Waals surface area contributed by atoms with Gasteiger partial charge in [-0.1, -0.05) is 0 Å². The minimum absolute atomic E-state index is 0.0691. The van der Waals surface area contributed by atoms with Gasteiger partial charge in [-0.25, -0.2) is 17.8 Å². The lowest BCUT2D eigenvalue weighted by Gasteiger charge is -2.38. The molecule has 9 nitrogen and oxygen atoms in total. The highest BCUT2D eigenvalue weighted by atomic mass is 32.2. The van der Waals surface area contributed by atoms with Crippen LogP contribution in [0.1, 0.15) is 42.4 Å². The van der Waals surface area contributed by atoms with Gasteiger partial charge in [-0.15, -0.1) is 0 Å². The van der Waals surface area contributed by atoms with Crippen LogP contribution >= 0.6 is 0 Å². The highest BCUT2D eigenvalue weighted by Crippen LogP contribution is 2.26. The lowest BCUT2D eigenvalue weighted by atomic mass is 10.0. The third-order valence-electron chi connectivity index (χ3n) is 4.81. The first-order valence-electron chi connectivity index (χ1n) is 10.3. The molecule has 0 saturated carbocycles. The molecule has 1 aliphatic rings. The summed E-state index contributed by atoms with van der Waals surface area (Å²) in [4.78, 5) is 20.3. The average molecular weight is 518 g/mol. The maximum Gasteiger partial charge on any atom is 0.422 e. The minimum atomic E-state index is -4.63. The monoisotopic (exact) mass is 517 g/mol. The molecule has 0 radical (unpaired) electrons. The molecule has 2 aromatic heterocycles. The van der Waals surface area contributed by atoms with Crippen molar-refractivity contribution in [2.45, 2.75) is 38.5 Å². The number of carbonyl (C=O) groups is 1. The van der Waals surface area contributed by atoms with E-state index in [0.717, 1.165) is 12.3 Å². The van der Waals surface area contributed by atoms with Crippen molar-refractivity contribution in [3.8, 4) is 5.88 Å². The van der Waals surface area contributed by atoms with Crippen LogP contribution in [-0.2, 0) is 9.84 Å². The molecule has 1 saturated heterocycles. The van der Waals surface area contributed by atoms with Crippen molar-refractivity contribution >= 4 is 27.1 Å². The molecule has 190 valence electrons. The second-order valence-electron chi connectivity index (χ2n) is 8.75. The lowest BCUT2D eigenvalue weighted by molar-refractivity contribution is -0.154. The molecule has 3 heterocycles. The molecule has 35 heavy (non-hydrogen) atoms. The van der Waals surface area contributed by atoms with Crippen LogP contribution in [0.15, 0.2) is 24.5 Å². The summed E-state index contributed by atoms with van der Waals surface area (Å²) in [6.45, 7) is 3.51. The summed E-state index contributed by atoms with van der Waals surface area (Å²) in [5, 5.41) is 14.1. The number of anilines is 1. The first-order chi connectivity index (χ1) is 16.1. The number of halogens is 4. The molecular weight excluding hydrogens is 494 g/mol. The Labute approximate surface area is 198 Å². The van der Waals surface area contributed by atoms with E-state index in [-0.39, 0.29) is 34.5 Å². The highest BCUT2D eigenvalue weighted by molar-refractivity contribution is 7.93. The van der Waals surface area contributed by atoms with Gasteiger partial charge in [0, 0.05) is 23.9 Å². The summed E-state index contributed by atoms with van der Waals surface area (Å²) >= 11 is 0. The van der Waals surface area contributed by atoms with E-state index in [1.165, 1.54) is 6.07 Å². The molecule has 3 N–H and O–H groups in total. The van der Waals surface area contributed by atoms with Crippen molar-refractivity contribution in [3.05, 3.63) is 47.2 Å². The Morgan fingerprint density at radius 1 is 1.23 bits per heavy atom. The van der Waals surface area contributed by atoms with Gasteiger partial charge in [-0.2, -0.15) is 13.2 Å². The zero-order valence-electron chi connectivity index (χ0n) is 19.0. The molecule has 0 unspecified atom stereocenters. The molecular formula is C21H23F4N5O4S. The number of pyridine rings is 2. The average Bonchev–Trinajstić information content (AvgIpc) is 2.69. The van der Waals surface area contributed by atoms with E-state index >= 15 is 0 Å². The van der Waals surface area contributed by atoms with Crippen LogP contribution in [0.3, 0.4) is 0 Å². The van der Waals surface area contributed by atoms with Gasteiger partial charge >= 0.3 is 6.18 Å². The second-order valence-corrected chi connectivity index (χ2v) is 10.8. The van der Waals surface area contributed by atoms with E-state index in [2.05, 4.69) is 25.3 Å². The van der Waals surface area contributed by atoms with E-state index in [1.807, 2.05) is 0 Å². The Bertz CT molecular complexity index is 1250. The van der Waals surface area contributed by atoms with Crippen molar-refractivity contribution in [2.24, 2.45) is 0 Å². The molecule has 1 amide bonds. The standard InChI is InChI=1S/C21H23F4N5O4S/c1-11(2)29-15-4-12(19(31)30-20(3)9-35(32,33)10-20)6-28-18(15)17(26)13-5-16(27-7-14(13)22)34-8-21(23,24)25/h4-7,11,26,29H,8-10H2,1-3H3,(H,30,31). The minimum Gasteiger partial charge on any atom is -0.468 e. The van der Waals surface area contributed by atoms with E-state index in [4.69, 9.17) is 5.41 Å². The molecule has 0 bridgehead atoms. The summed E-state index contributed by atoms with van der Waals surface area (Å²) in [5.41, 5.74) is -1.60. The Kier molecular flexibility index (Phi) is 7.07. The molecule has 2 aromatic rings. The van der Waals surface area contributed by atoms with Crippen LogP contribution in [-0.4, -0.2) is 65.9 Å². The summed E-state index contributed by atoms with van der Waals surface area (Å²) < 4.78 is 79.3. The predicted molar refractivity (Wildman–Crippen MR) is 119 cm³/mol. The number of hydrogen-bond acceptors (Lipinski definition) is 8. The van der Waals surface area contributed by atoms with E-state index in [9.17, 15) is 30.8 Å². The summed E-state index contributed by atoms with van der Waals surface area (Å²) in [6, 6.07) is 2.05. The SMILES string of the molecule is CC(C)Nc1cc(C(=O)NC2(C)CS(=O)(=O)C2)cnc1C(=N)c1cc(OCC(F)(F)F)ncc1F. The number of nitrogens with one attached hydrogen (secondary N) is 3. The summed E-state index contributed by atoms with van der Waals surface area (Å²) in [5.74, 6) is -2.48. The number of sulfone groups is 1. The highest BCUT2D eigenvalue weighted by Gasteiger charge is 2.45. The number of alkyl halides is 3. The van der Waals surface area contributed by atoms with Gasteiger partial charge < -0.3 is 15.4 Å². The Balaban J connectivity index is 1.90. The molecule has 0 atom stereocenters. The van der Waals surface area contributed by atoms with Crippen LogP contribution in [0, 0.1) is 11.2 Å². The number of hydrogen-bond donors (Lipinski definition) is 3. The quantitative estimate of drug-likeness (QED) is 0.362. The topological polar surface area (TPSA) is 134 Å². The first kappa shape index (κ1) is 26.3. The summed E-state index contributed by atoms with van der Waals surface area (Å²) in [6.07, 6.45) is -2.85. The Morgan fingerprint density at radius 3 is 2.46 bits per heavy atom. The van der Waals surface area contributed by atoms with Crippen molar-refractivity contribution < 1.29 is 35.5 Å². The Hall–Kier alpha value is -3.29. The van der Waals surface area contributed by atoms with Crippen LogP contribution in [0.25, 0.3) is 0 Å². The van der Waals surface area contributed by atoms with Crippen LogP contribution in [0.2, 0.25) is 0 Å². The van der Waals surface area contributed by atoms with Gasteiger partial charge in [0.2, 0.25) is 5.88 Å². The number of nitrogens with zero attached hydrogens (tertiary/aromatic N) is 2. The van der Waals surface area contributed by atoms with Gasteiger partial charge in [-0.3, -0.25) is 15.2 Å². The van der Waals surface area contributed by atoms with Crippen molar-refractivity contribution in [2.75, 3.05) is 23.4 Å². The van der Waals surface area contributed by atoms with E-state index in [1.54, 1.807) is 20.8 Å². The molecule has 3 rings (SSSR count). The molecule has 1 fully saturated rings. The van der Waals surface area contributed by atoms with Gasteiger partial charge in [0.1, 0.15) is 5.69 Å². The zero-order chi connectivity index (χ0) is 26.2. The molecule has 0 aromatic carbocycles. The van der Waals surface area contributed by atoms with Gasteiger partial charge in [0.05, 0.1) is 40.2 Å². The van der Waals surface area contributed by atoms with Crippen molar-refractivity contribution in [1.29, 1.82) is 5.41 Å². The van der Waals surface area contributed by atoms with E-state index in [0.29, 0.717) is 6.20 Å². The van der Waals surface area contributed by atoms with Gasteiger partial charge in [0.25, 0.3) is 5.91 Å². The third-order valence-corrected chi connectivity index (χ3v) is 6.96. The van der Waals surface area contributed by atoms with Crippen LogP contribution in [0.5, 0.6) is 5.88 Å². The predicted octanol–water partition coefficient (Wildman–Crippen LogP) is 2.71. The number of ether oxygens (including phenoxy) is 1.